The molecule has 1 amide bonds. The topological polar surface area (TPSA) is 52.6 Å². The van der Waals surface area contributed by atoms with Gasteiger partial charge in [-0.15, -0.1) is 0 Å². The molecule has 0 aromatic carbocycles. The Bertz CT molecular complexity index is 307. The first kappa shape index (κ1) is 14.8. The summed E-state index contributed by atoms with van der Waals surface area (Å²) in [6.07, 6.45) is 6.57. The normalized spacial score (nSPS) is 32.7. The van der Waals surface area contributed by atoms with Crippen molar-refractivity contribution in [2.75, 3.05) is 13.1 Å². The monoisotopic (exact) mass is 268 g/mol. The number of aliphatic hydroxyl groups excluding tert-OH is 1. The number of carbonyl (C=O) groups excluding carboxylic acids is 1. The third kappa shape index (κ3) is 3.93. The van der Waals surface area contributed by atoms with Crippen molar-refractivity contribution in [3.8, 4) is 0 Å². The van der Waals surface area contributed by atoms with E-state index in [1.165, 1.54) is 6.42 Å². The molecule has 0 spiro atoms. The standard InChI is InChI=1S/C15H28N2O2/c1-11(2)16-15(19)10-17-9-5-7-13(17)12-6-3-4-8-14(12)18/h11-14,18H,3-10H2,1-2H3,(H,16,19). The molecule has 2 aliphatic rings. The molecule has 1 saturated heterocycles. The maximum absolute atomic E-state index is 11.9. The van der Waals surface area contributed by atoms with Gasteiger partial charge in [0.05, 0.1) is 12.6 Å². The summed E-state index contributed by atoms with van der Waals surface area (Å²) in [4.78, 5) is 14.2. The average molecular weight is 268 g/mol. The van der Waals surface area contributed by atoms with Crippen LogP contribution in [-0.2, 0) is 4.79 Å². The van der Waals surface area contributed by atoms with E-state index in [1.807, 2.05) is 13.8 Å². The van der Waals surface area contributed by atoms with E-state index in [9.17, 15) is 9.90 Å². The van der Waals surface area contributed by atoms with Gasteiger partial charge in [0.2, 0.25) is 5.91 Å². The molecule has 0 aromatic rings. The number of amides is 1. The average Bonchev–Trinajstić information content (AvgIpc) is 2.76. The molecule has 3 atom stereocenters. The molecule has 0 bridgehead atoms. The Morgan fingerprint density at radius 1 is 1.26 bits per heavy atom. The number of likely N-dealkylation sites (tertiary alicyclic amines) is 1. The highest BCUT2D eigenvalue weighted by Gasteiger charge is 2.37. The maximum atomic E-state index is 11.9. The van der Waals surface area contributed by atoms with Crippen LogP contribution in [-0.4, -0.2) is 47.2 Å². The van der Waals surface area contributed by atoms with Gasteiger partial charge < -0.3 is 10.4 Å². The zero-order valence-corrected chi connectivity index (χ0v) is 12.3. The third-order valence-electron chi connectivity index (χ3n) is 4.49. The molecular formula is C15H28N2O2. The van der Waals surface area contributed by atoms with Crippen LogP contribution in [0.1, 0.15) is 52.4 Å². The fraction of sp³-hybridized carbons (Fsp3) is 0.933. The quantitative estimate of drug-likeness (QED) is 0.813. The Labute approximate surface area is 116 Å². The van der Waals surface area contributed by atoms with Crippen LogP contribution in [0.15, 0.2) is 0 Å². The number of nitrogens with one attached hydrogen (secondary N) is 1. The van der Waals surface area contributed by atoms with Crippen molar-refractivity contribution in [1.29, 1.82) is 0 Å². The van der Waals surface area contributed by atoms with E-state index in [1.54, 1.807) is 0 Å². The van der Waals surface area contributed by atoms with Gasteiger partial charge in [-0.05, 0) is 46.1 Å². The van der Waals surface area contributed by atoms with Crippen molar-refractivity contribution in [3.05, 3.63) is 0 Å². The van der Waals surface area contributed by atoms with Crippen LogP contribution in [0.3, 0.4) is 0 Å². The first-order chi connectivity index (χ1) is 9.08. The zero-order chi connectivity index (χ0) is 13.8. The van der Waals surface area contributed by atoms with Crippen LogP contribution in [0, 0.1) is 5.92 Å². The van der Waals surface area contributed by atoms with E-state index < -0.39 is 0 Å². The summed E-state index contributed by atoms with van der Waals surface area (Å²) in [6.45, 7) is 5.47. The van der Waals surface area contributed by atoms with Crippen LogP contribution >= 0.6 is 0 Å². The van der Waals surface area contributed by atoms with Crippen molar-refractivity contribution >= 4 is 5.91 Å². The number of carbonyl (C=O) groups is 1. The van der Waals surface area contributed by atoms with Gasteiger partial charge in [0.1, 0.15) is 0 Å². The van der Waals surface area contributed by atoms with Crippen LogP contribution in [0.2, 0.25) is 0 Å². The van der Waals surface area contributed by atoms with Gasteiger partial charge in [0, 0.05) is 18.0 Å². The first-order valence-corrected chi connectivity index (χ1v) is 7.79. The fourth-order valence-corrected chi connectivity index (χ4v) is 3.67. The van der Waals surface area contributed by atoms with Crippen molar-refractivity contribution in [2.24, 2.45) is 5.92 Å². The molecular weight excluding hydrogens is 240 g/mol. The van der Waals surface area contributed by atoms with Crippen LogP contribution in [0.4, 0.5) is 0 Å². The van der Waals surface area contributed by atoms with Crippen molar-refractivity contribution < 1.29 is 9.90 Å². The molecule has 2 rings (SSSR count). The SMILES string of the molecule is CC(C)NC(=O)CN1CCCC1C1CCCCC1O. The Balaban J connectivity index is 1.90. The number of hydrogen-bond acceptors (Lipinski definition) is 3. The fourth-order valence-electron chi connectivity index (χ4n) is 3.67. The minimum atomic E-state index is -0.160. The summed E-state index contributed by atoms with van der Waals surface area (Å²) in [5, 5.41) is 13.2. The van der Waals surface area contributed by atoms with Gasteiger partial charge >= 0.3 is 0 Å². The van der Waals surface area contributed by atoms with Crippen LogP contribution in [0.5, 0.6) is 0 Å². The van der Waals surface area contributed by atoms with E-state index in [-0.39, 0.29) is 18.1 Å². The van der Waals surface area contributed by atoms with Gasteiger partial charge in [-0.2, -0.15) is 0 Å². The van der Waals surface area contributed by atoms with Gasteiger partial charge in [0.15, 0.2) is 0 Å². The third-order valence-corrected chi connectivity index (χ3v) is 4.49. The number of rotatable bonds is 4. The molecule has 1 aliphatic heterocycles. The second-order valence-corrected chi connectivity index (χ2v) is 6.42. The summed E-state index contributed by atoms with van der Waals surface area (Å²) in [6, 6.07) is 0.613. The predicted molar refractivity (Wildman–Crippen MR) is 75.8 cm³/mol. The number of aliphatic hydroxyl groups is 1. The van der Waals surface area contributed by atoms with E-state index in [4.69, 9.17) is 0 Å². The molecule has 3 unspecified atom stereocenters. The molecule has 2 N–H and O–H groups in total. The van der Waals surface area contributed by atoms with Gasteiger partial charge in [-0.1, -0.05) is 12.8 Å². The van der Waals surface area contributed by atoms with Gasteiger partial charge in [0.25, 0.3) is 0 Å². The highest BCUT2D eigenvalue weighted by Crippen LogP contribution is 2.34. The lowest BCUT2D eigenvalue weighted by Gasteiger charge is -2.37. The smallest absolute Gasteiger partial charge is 0.234 e. The minimum Gasteiger partial charge on any atom is -0.393 e. The van der Waals surface area contributed by atoms with Crippen LogP contribution < -0.4 is 5.32 Å². The molecule has 1 heterocycles. The molecule has 0 aromatic heterocycles. The van der Waals surface area contributed by atoms with E-state index in [0.29, 0.717) is 18.5 Å². The summed E-state index contributed by atoms with van der Waals surface area (Å²) >= 11 is 0. The highest BCUT2D eigenvalue weighted by molar-refractivity contribution is 5.78. The van der Waals surface area contributed by atoms with E-state index in [0.717, 1.165) is 38.6 Å². The van der Waals surface area contributed by atoms with E-state index >= 15 is 0 Å². The maximum Gasteiger partial charge on any atom is 0.234 e. The van der Waals surface area contributed by atoms with Crippen LogP contribution in [0.25, 0.3) is 0 Å². The number of nitrogens with zero attached hydrogens (tertiary/aromatic N) is 1. The molecule has 0 radical (unpaired) electrons. The van der Waals surface area contributed by atoms with Crippen molar-refractivity contribution in [3.63, 3.8) is 0 Å². The summed E-state index contributed by atoms with van der Waals surface area (Å²) < 4.78 is 0. The molecule has 19 heavy (non-hydrogen) atoms. The lowest BCUT2D eigenvalue weighted by Crippen LogP contribution is -2.47. The molecule has 2 fully saturated rings. The second-order valence-electron chi connectivity index (χ2n) is 6.42. The van der Waals surface area contributed by atoms with Crippen molar-refractivity contribution in [2.45, 2.75) is 70.6 Å². The largest absolute Gasteiger partial charge is 0.393 e. The predicted octanol–water partition coefficient (Wildman–Crippen LogP) is 1.53. The lowest BCUT2D eigenvalue weighted by atomic mass is 9.80. The molecule has 4 nitrogen and oxygen atoms in total. The summed E-state index contributed by atoms with van der Waals surface area (Å²) in [5.41, 5.74) is 0. The Hall–Kier alpha value is -0.610. The van der Waals surface area contributed by atoms with Gasteiger partial charge in [-0.25, -0.2) is 0 Å². The zero-order valence-electron chi connectivity index (χ0n) is 12.3. The molecule has 1 saturated carbocycles. The Morgan fingerprint density at radius 3 is 2.68 bits per heavy atom. The molecule has 110 valence electrons. The second kappa shape index (κ2) is 6.71. The Kier molecular flexibility index (Phi) is 5.22. The Morgan fingerprint density at radius 2 is 2.00 bits per heavy atom. The highest BCUT2D eigenvalue weighted by atomic mass is 16.3. The summed E-state index contributed by atoms with van der Waals surface area (Å²) in [5.74, 6) is 0.496. The molecule has 1 aliphatic carbocycles. The minimum absolute atomic E-state index is 0.118. The first-order valence-electron chi connectivity index (χ1n) is 7.79. The summed E-state index contributed by atoms with van der Waals surface area (Å²) in [7, 11) is 0. The lowest BCUT2D eigenvalue weighted by molar-refractivity contribution is -0.123. The van der Waals surface area contributed by atoms with Crippen molar-refractivity contribution in [1.82, 2.24) is 10.2 Å². The molecule has 4 heteroatoms. The van der Waals surface area contributed by atoms with E-state index in [2.05, 4.69) is 10.2 Å². The van der Waals surface area contributed by atoms with Gasteiger partial charge in [-0.3, -0.25) is 9.69 Å². The number of hydrogen-bond donors (Lipinski definition) is 2.